The summed E-state index contributed by atoms with van der Waals surface area (Å²) in [5, 5.41) is 4.15. The van der Waals surface area contributed by atoms with E-state index >= 15 is 0 Å². The summed E-state index contributed by atoms with van der Waals surface area (Å²) < 4.78 is 6.68. The number of nitrogens with one attached hydrogen (secondary N) is 1. The van der Waals surface area contributed by atoms with E-state index in [9.17, 15) is 4.79 Å². The molecule has 0 radical (unpaired) electrons. The molecule has 2 aromatic rings. The van der Waals surface area contributed by atoms with Crippen LogP contribution >= 0.6 is 11.6 Å². The van der Waals surface area contributed by atoms with Crippen LogP contribution in [0.25, 0.3) is 10.9 Å². The molecule has 1 aliphatic heterocycles. The van der Waals surface area contributed by atoms with E-state index in [0.717, 1.165) is 19.4 Å². The van der Waals surface area contributed by atoms with Crippen LogP contribution in [0.1, 0.15) is 12.8 Å². The number of methoxy groups -OCH3 is 1. The first-order valence-electron chi connectivity index (χ1n) is 6.66. The van der Waals surface area contributed by atoms with Crippen LogP contribution in [-0.4, -0.2) is 29.2 Å². The lowest BCUT2D eigenvalue weighted by Crippen LogP contribution is -2.33. The molecule has 1 aliphatic rings. The molecule has 106 valence electrons. The number of ether oxygens (including phenoxy) is 1. The Kier molecular flexibility index (Phi) is 3.63. The van der Waals surface area contributed by atoms with Crippen molar-refractivity contribution in [3.63, 3.8) is 0 Å². The lowest BCUT2D eigenvalue weighted by molar-refractivity contribution is 0.415. The lowest BCUT2D eigenvalue weighted by Gasteiger charge is -2.14. The zero-order valence-corrected chi connectivity index (χ0v) is 12.0. The van der Waals surface area contributed by atoms with Gasteiger partial charge in [0.1, 0.15) is 5.75 Å². The molecule has 1 fully saturated rings. The zero-order valence-electron chi connectivity index (χ0n) is 11.2. The first kappa shape index (κ1) is 13.4. The molecule has 0 bridgehead atoms. The molecule has 6 heteroatoms. The molecule has 1 aromatic heterocycles. The average Bonchev–Trinajstić information content (AvgIpc) is 2.95. The molecule has 0 spiro atoms. The normalized spacial score (nSPS) is 18.6. The molecule has 0 amide bonds. The highest BCUT2D eigenvalue weighted by Gasteiger charge is 2.18. The third-order valence-electron chi connectivity index (χ3n) is 3.68. The summed E-state index contributed by atoms with van der Waals surface area (Å²) in [6.07, 6.45) is 2.19. The monoisotopic (exact) mass is 293 g/mol. The Labute approximate surface area is 121 Å². The highest BCUT2D eigenvalue weighted by Crippen LogP contribution is 2.19. The quantitative estimate of drug-likeness (QED) is 0.877. The molecular formula is C14H16ClN3O2. The summed E-state index contributed by atoms with van der Waals surface area (Å²) >= 11 is 6.17. The number of fused-ring (bicyclic) bond motifs is 1. The number of hydrogen-bond acceptors (Lipinski definition) is 4. The topological polar surface area (TPSA) is 56.1 Å². The first-order chi connectivity index (χ1) is 9.69. The van der Waals surface area contributed by atoms with Crippen LogP contribution in [0.3, 0.4) is 0 Å². The number of rotatable bonds is 3. The summed E-state index contributed by atoms with van der Waals surface area (Å²) in [4.78, 5) is 16.8. The molecule has 20 heavy (non-hydrogen) atoms. The number of nitrogens with zero attached hydrogens (tertiary/aromatic N) is 2. The fourth-order valence-corrected chi connectivity index (χ4v) is 2.83. The maximum atomic E-state index is 12.5. The second-order valence-electron chi connectivity index (χ2n) is 4.97. The minimum absolute atomic E-state index is 0.101. The molecule has 0 aliphatic carbocycles. The van der Waals surface area contributed by atoms with Crippen LogP contribution in [0.5, 0.6) is 5.75 Å². The van der Waals surface area contributed by atoms with E-state index < -0.39 is 0 Å². The second kappa shape index (κ2) is 5.42. The van der Waals surface area contributed by atoms with Crippen molar-refractivity contribution < 1.29 is 4.74 Å². The summed E-state index contributed by atoms with van der Waals surface area (Å²) in [5.41, 5.74) is 0.464. The van der Waals surface area contributed by atoms with E-state index in [0.29, 0.717) is 29.2 Å². The lowest BCUT2D eigenvalue weighted by atomic mass is 10.2. The fraction of sp³-hybridized carbons (Fsp3) is 0.429. The van der Waals surface area contributed by atoms with Crippen molar-refractivity contribution in [3.05, 3.63) is 33.8 Å². The number of hydrogen-bond donors (Lipinski definition) is 1. The predicted molar refractivity (Wildman–Crippen MR) is 78.6 cm³/mol. The predicted octanol–water partition coefficient (Wildman–Crippen LogP) is 1.81. The van der Waals surface area contributed by atoms with E-state index in [1.54, 1.807) is 29.9 Å². The zero-order chi connectivity index (χ0) is 14.1. The Hall–Kier alpha value is -1.59. The van der Waals surface area contributed by atoms with E-state index in [1.807, 2.05) is 0 Å². The van der Waals surface area contributed by atoms with Crippen LogP contribution in [0, 0.1) is 0 Å². The van der Waals surface area contributed by atoms with Gasteiger partial charge >= 0.3 is 0 Å². The molecule has 5 nitrogen and oxygen atoms in total. The Bertz CT molecular complexity index is 693. The van der Waals surface area contributed by atoms with Crippen molar-refractivity contribution >= 4 is 22.5 Å². The number of aromatic nitrogens is 2. The van der Waals surface area contributed by atoms with Gasteiger partial charge in [-0.2, -0.15) is 0 Å². The second-order valence-corrected chi connectivity index (χ2v) is 5.31. The average molecular weight is 294 g/mol. The van der Waals surface area contributed by atoms with Gasteiger partial charge in [-0.25, -0.2) is 4.98 Å². The Balaban J connectivity index is 2.06. The van der Waals surface area contributed by atoms with Crippen molar-refractivity contribution in [1.82, 2.24) is 14.9 Å². The van der Waals surface area contributed by atoms with Crippen molar-refractivity contribution in [3.8, 4) is 5.75 Å². The smallest absolute Gasteiger partial charge is 0.262 e. The molecule has 1 saturated heterocycles. The minimum Gasteiger partial charge on any atom is -0.497 e. The first-order valence-corrected chi connectivity index (χ1v) is 7.04. The molecular weight excluding hydrogens is 278 g/mol. The van der Waals surface area contributed by atoms with Crippen molar-refractivity contribution in [2.24, 2.45) is 0 Å². The maximum Gasteiger partial charge on any atom is 0.262 e. The van der Waals surface area contributed by atoms with Gasteiger partial charge in [-0.1, -0.05) is 0 Å². The van der Waals surface area contributed by atoms with Crippen molar-refractivity contribution in [2.45, 2.75) is 25.4 Å². The number of benzene rings is 1. The minimum atomic E-state index is -0.101. The van der Waals surface area contributed by atoms with E-state index in [2.05, 4.69) is 10.3 Å². The standard InChI is InChI=1S/C14H16ClN3O2/c1-20-10-4-5-11-12(7-10)17-14(15)18(13(11)19)8-9-3-2-6-16-9/h4-5,7,9,16H,2-3,6,8H2,1H3. The van der Waals surface area contributed by atoms with E-state index in [-0.39, 0.29) is 10.8 Å². The summed E-state index contributed by atoms with van der Waals surface area (Å²) in [5.74, 6) is 0.663. The van der Waals surface area contributed by atoms with Crippen molar-refractivity contribution in [1.29, 1.82) is 0 Å². The summed E-state index contributed by atoms with van der Waals surface area (Å²) in [6, 6.07) is 5.51. The van der Waals surface area contributed by atoms with Gasteiger partial charge in [-0.3, -0.25) is 9.36 Å². The van der Waals surface area contributed by atoms with Gasteiger partial charge in [-0.15, -0.1) is 0 Å². The maximum absolute atomic E-state index is 12.5. The van der Waals surface area contributed by atoms with Gasteiger partial charge in [0, 0.05) is 18.7 Å². The highest BCUT2D eigenvalue weighted by atomic mass is 35.5. The van der Waals surface area contributed by atoms with Crippen LogP contribution in [-0.2, 0) is 6.54 Å². The molecule has 1 atom stereocenters. The van der Waals surface area contributed by atoms with Crippen LogP contribution in [0.15, 0.2) is 23.0 Å². The molecule has 1 N–H and O–H groups in total. The van der Waals surface area contributed by atoms with Crippen LogP contribution in [0.4, 0.5) is 0 Å². The SMILES string of the molecule is COc1ccc2c(=O)n(CC3CCCN3)c(Cl)nc2c1. The molecule has 3 rings (SSSR count). The highest BCUT2D eigenvalue weighted by molar-refractivity contribution is 6.28. The van der Waals surface area contributed by atoms with Gasteiger partial charge in [0.25, 0.3) is 5.56 Å². The molecule has 1 unspecified atom stereocenters. The van der Waals surface area contributed by atoms with Crippen LogP contribution in [0.2, 0.25) is 5.28 Å². The molecule has 2 heterocycles. The van der Waals surface area contributed by atoms with E-state index in [4.69, 9.17) is 16.3 Å². The van der Waals surface area contributed by atoms with Gasteiger partial charge in [0.05, 0.1) is 18.0 Å². The van der Waals surface area contributed by atoms with E-state index in [1.165, 1.54) is 0 Å². The molecule has 1 aromatic carbocycles. The third-order valence-corrected chi connectivity index (χ3v) is 3.97. The largest absolute Gasteiger partial charge is 0.497 e. The third kappa shape index (κ3) is 2.39. The van der Waals surface area contributed by atoms with Crippen molar-refractivity contribution in [2.75, 3.05) is 13.7 Å². The number of halogens is 1. The van der Waals surface area contributed by atoms with Gasteiger partial charge in [0.15, 0.2) is 0 Å². The Morgan fingerprint density at radius 3 is 3.10 bits per heavy atom. The van der Waals surface area contributed by atoms with Gasteiger partial charge in [-0.05, 0) is 43.1 Å². The van der Waals surface area contributed by atoms with Gasteiger partial charge < -0.3 is 10.1 Å². The fourth-order valence-electron chi connectivity index (χ4n) is 2.59. The Morgan fingerprint density at radius 1 is 1.55 bits per heavy atom. The van der Waals surface area contributed by atoms with Crippen LogP contribution < -0.4 is 15.6 Å². The molecule has 0 saturated carbocycles. The Morgan fingerprint density at radius 2 is 2.40 bits per heavy atom. The summed E-state index contributed by atoms with van der Waals surface area (Å²) in [7, 11) is 1.58. The van der Waals surface area contributed by atoms with Gasteiger partial charge in [0.2, 0.25) is 5.28 Å². The summed E-state index contributed by atoms with van der Waals surface area (Å²) in [6.45, 7) is 1.56.